The smallest absolute Gasteiger partial charge is 0.275 e. The third-order valence-electron chi connectivity index (χ3n) is 4.98. The highest BCUT2D eigenvalue weighted by atomic mass is 16.5. The van der Waals surface area contributed by atoms with Crippen LogP contribution in [-0.4, -0.2) is 45.7 Å². The second-order valence-electron chi connectivity index (χ2n) is 6.79. The predicted molar refractivity (Wildman–Crippen MR) is 104 cm³/mol. The van der Waals surface area contributed by atoms with Crippen LogP contribution in [0.2, 0.25) is 0 Å². The minimum Gasteiger partial charge on any atom is -0.495 e. The van der Waals surface area contributed by atoms with E-state index in [0.29, 0.717) is 6.54 Å². The standard InChI is InChI=1S/C21H27N3O2/c1-17(18-8-4-3-5-9-18)22-21(25)16-23-12-14-24(15-13-23)19-10-6-7-11-20(19)26-2/h3-11,17H,12-16H2,1-2H3,(H,22,25)/p+1/t17-/m0/s1. The quantitative estimate of drug-likeness (QED) is 0.821. The van der Waals surface area contributed by atoms with Gasteiger partial charge < -0.3 is 19.9 Å². The highest BCUT2D eigenvalue weighted by Gasteiger charge is 2.24. The van der Waals surface area contributed by atoms with Crippen LogP contribution in [0.1, 0.15) is 18.5 Å². The van der Waals surface area contributed by atoms with Crippen LogP contribution in [0.4, 0.5) is 5.69 Å². The van der Waals surface area contributed by atoms with Gasteiger partial charge in [-0.25, -0.2) is 0 Å². The number of benzene rings is 2. The maximum atomic E-state index is 12.4. The van der Waals surface area contributed by atoms with Gasteiger partial charge in [-0.1, -0.05) is 42.5 Å². The van der Waals surface area contributed by atoms with Gasteiger partial charge in [0.05, 0.1) is 45.0 Å². The van der Waals surface area contributed by atoms with E-state index < -0.39 is 0 Å². The Morgan fingerprint density at radius 1 is 1.12 bits per heavy atom. The van der Waals surface area contributed by atoms with Crippen molar-refractivity contribution in [2.75, 3.05) is 44.7 Å². The Morgan fingerprint density at radius 2 is 1.77 bits per heavy atom. The van der Waals surface area contributed by atoms with E-state index in [0.717, 1.165) is 43.2 Å². The molecule has 5 heteroatoms. The zero-order valence-corrected chi connectivity index (χ0v) is 15.6. The van der Waals surface area contributed by atoms with Gasteiger partial charge in [0.1, 0.15) is 5.75 Å². The Morgan fingerprint density at radius 3 is 2.46 bits per heavy atom. The Labute approximate surface area is 155 Å². The van der Waals surface area contributed by atoms with Crippen LogP contribution in [0.15, 0.2) is 54.6 Å². The molecule has 1 atom stereocenters. The lowest BCUT2D eigenvalue weighted by atomic mass is 10.1. The van der Waals surface area contributed by atoms with Crippen LogP contribution in [0.3, 0.4) is 0 Å². The maximum Gasteiger partial charge on any atom is 0.275 e. The molecule has 138 valence electrons. The molecule has 2 aromatic carbocycles. The van der Waals surface area contributed by atoms with Gasteiger partial charge in [0.2, 0.25) is 0 Å². The van der Waals surface area contributed by atoms with Crippen molar-refractivity contribution in [2.24, 2.45) is 0 Å². The lowest BCUT2D eigenvalue weighted by Gasteiger charge is -2.34. The Balaban J connectivity index is 1.48. The van der Waals surface area contributed by atoms with Crippen LogP contribution in [0.25, 0.3) is 0 Å². The average molecular weight is 354 g/mol. The molecule has 5 nitrogen and oxygen atoms in total. The number of para-hydroxylation sites is 2. The third kappa shape index (κ3) is 4.55. The Hall–Kier alpha value is -2.53. The van der Waals surface area contributed by atoms with Gasteiger partial charge in [0.15, 0.2) is 6.54 Å². The van der Waals surface area contributed by atoms with Crippen LogP contribution in [0.5, 0.6) is 5.75 Å². The van der Waals surface area contributed by atoms with Crippen molar-refractivity contribution in [3.05, 3.63) is 60.2 Å². The first-order chi connectivity index (χ1) is 12.7. The highest BCUT2D eigenvalue weighted by molar-refractivity contribution is 5.77. The number of amides is 1. The lowest BCUT2D eigenvalue weighted by molar-refractivity contribution is -0.892. The minimum absolute atomic E-state index is 0.0398. The molecule has 0 aromatic heterocycles. The first-order valence-corrected chi connectivity index (χ1v) is 9.23. The number of carbonyl (C=O) groups excluding carboxylic acids is 1. The lowest BCUT2D eigenvalue weighted by Crippen LogP contribution is -3.15. The third-order valence-corrected chi connectivity index (χ3v) is 4.98. The molecule has 1 amide bonds. The first-order valence-electron chi connectivity index (χ1n) is 9.23. The summed E-state index contributed by atoms with van der Waals surface area (Å²) in [7, 11) is 1.71. The van der Waals surface area contributed by atoms with Gasteiger partial charge in [-0.05, 0) is 24.6 Å². The fraction of sp³-hybridized carbons (Fsp3) is 0.381. The topological polar surface area (TPSA) is 46.0 Å². The van der Waals surface area contributed by atoms with E-state index in [1.165, 1.54) is 4.90 Å². The van der Waals surface area contributed by atoms with Crippen molar-refractivity contribution in [1.82, 2.24) is 5.32 Å². The molecule has 1 heterocycles. The number of piperazine rings is 1. The van der Waals surface area contributed by atoms with Gasteiger partial charge >= 0.3 is 0 Å². The summed E-state index contributed by atoms with van der Waals surface area (Å²) in [6.07, 6.45) is 0. The fourth-order valence-electron chi connectivity index (χ4n) is 3.48. The summed E-state index contributed by atoms with van der Waals surface area (Å²) < 4.78 is 5.46. The Kier molecular flexibility index (Phi) is 6.12. The molecular weight excluding hydrogens is 326 g/mol. The average Bonchev–Trinajstić information content (AvgIpc) is 2.69. The predicted octanol–water partition coefficient (Wildman–Crippen LogP) is 1.28. The van der Waals surface area contributed by atoms with E-state index in [1.54, 1.807) is 7.11 Å². The van der Waals surface area contributed by atoms with Crippen LogP contribution < -0.4 is 19.9 Å². The van der Waals surface area contributed by atoms with Crippen molar-refractivity contribution in [3.63, 3.8) is 0 Å². The number of hydrogen-bond acceptors (Lipinski definition) is 3. The molecule has 0 bridgehead atoms. The molecule has 1 aliphatic rings. The van der Waals surface area contributed by atoms with Gasteiger partial charge in [-0.15, -0.1) is 0 Å². The first kappa shape index (κ1) is 18.3. The van der Waals surface area contributed by atoms with Gasteiger partial charge in [0.25, 0.3) is 5.91 Å². The molecule has 0 spiro atoms. The van der Waals surface area contributed by atoms with E-state index in [1.807, 2.05) is 55.5 Å². The summed E-state index contributed by atoms with van der Waals surface area (Å²) in [4.78, 5) is 16.0. The highest BCUT2D eigenvalue weighted by Crippen LogP contribution is 2.27. The van der Waals surface area contributed by atoms with E-state index in [-0.39, 0.29) is 11.9 Å². The molecule has 2 N–H and O–H groups in total. The zero-order valence-electron chi connectivity index (χ0n) is 15.6. The molecule has 0 saturated carbocycles. The SMILES string of the molecule is COc1ccccc1N1CC[NH+](CC(=O)N[C@@H](C)c2ccccc2)CC1. The number of nitrogens with one attached hydrogen (secondary N) is 2. The summed E-state index contributed by atoms with van der Waals surface area (Å²) in [6.45, 7) is 6.31. The summed E-state index contributed by atoms with van der Waals surface area (Å²) in [5, 5.41) is 3.11. The largest absolute Gasteiger partial charge is 0.495 e. The Bertz CT molecular complexity index is 712. The van der Waals surface area contributed by atoms with Crippen molar-refractivity contribution in [3.8, 4) is 5.75 Å². The molecule has 1 saturated heterocycles. The molecule has 1 fully saturated rings. The number of methoxy groups -OCH3 is 1. The molecule has 0 radical (unpaired) electrons. The number of hydrogen-bond donors (Lipinski definition) is 2. The van der Waals surface area contributed by atoms with Gasteiger partial charge in [0, 0.05) is 0 Å². The maximum absolute atomic E-state index is 12.4. The monoisotopic (exact) mass is 354 g/mol. The number of quaternary nitrogens is 1. The van der Waals surface area contributed by atoms with Gasteiger partial charge in [-0.2, -0.15) is 0 Å². The molecule has 3 rings (SSSR count). The van der Waals surface area contributed by atoms with E-state index >= 15 is 0 Å². The van der Waals surface area contributed by atoms with E-state index in [4.69, 9.17) is 4.74 Å². The van der Waals surface area contributed by atoms with Crippen molar-refractivity contribution < 1.29 is 14.4 Å². The molecule has 1 aliphatic heterocycles. The fourth-order valence-corrected chi connectivity index (χ4v) is 3.48. The molecule has 26 heavy (non-hydrogen) atoms. The molecule has 0 aliphatic carbocycles. The number of ether oxygens (including phenoxy) is 1. The van der Waals surface area contributed by atoms with Crippen LogP contribution in [0, 0.1) is 0 Å². The van der Waals surface area contributed by atoms with Gasteiger partial charge in [-0.3, -0.25) is 4.79 Å². The van der Waals surface area contributed by atoms with Crippen molar-refractivity contribution >= 4 is 11.6 Å². The van der Waals surface area contributed by atoms with Crippen molar-refractivity contribution in [1.29, 1.82) is 0 Å². The zero-order chi connectivity index (χ0) is 18.4. The number of anilines is 1. The van der Waals surface area contributed by atoms with E-state index in [9.17, 15) is 4.79 Å². The molecule has 2 aromatic rings. The summed E-state index contributed by atoms with van der Waals surface area (Å²) in [6, 6.07) is 18.2. The summed E-state index contributed by atoms with van der Waals surface area (Å²) >= 11 is 0. The van der Waals surface area contributed by atoms with Crippen LogP contribution >= 0.6 is 0 Å². The summed E-state index contributed by atoms with van der Waals surface area (Å²) in [5.41, 5.74) is 2.27. The number of carbonyl (C=O) groups is 1. The van der Waals surface area contributed by atoms with E-state index in [2.05, 4.69) is 16.3 Å². The van der Waals surface area contributed by atoms with Crippen LogP contribution in [-0.2, 0) is 4.79 Å². The minimum atomic E-state index is 0.0398. The summed E-state index contributed by atoms with van der Waals surface area (Å²) in [5.74, 6) is 1.02. The molecular formula is C21H28N3O2+. The second-order valence-corrected chi connectivity index (χ2v) is 6.79. The second kappa shape index (κ2) is 8.72. The number of rotatable bonds is 6. The number of nitrogens with zero attached hydrogens (tertiary/aromatic N) is 1. The molecule has 0 unspecified atom stereocenters. The normalized spacial score (nSPS) is 16.2. The van der Waals surface area contributed by atoms with Crippen molar-refractivity contribution in [2.45, 2.75) is 13.0 Å².